The van der Waals surface area contributed by atoms with Crippen LogP contribution in [0.25, 0.3) is 0 Å². The standard InChI is InChI=1S/C43H64O12/c1-24(44)50-22-30(52-25(2)45)34(53-26(3)46)35(54-27(4)47)36-51-23-40(8)31-13-16-42(10)32(39(31,7)15-14-33(40)55-36)12-11-28-29-21-38(5,6)17-19-43(29,37(48)49)20-18-41(28,42)9/h11,29-36H,12-23H2,1-10H3,(H,48,49)/t29-,30-,31+,32+,33-,34-,35+,36+,39-,40-,41+,42+,43-/m0/s1. The van der Waals surface area contributed by atoms with Crippen LogP contribution in [-0.2, 0) is 52.4 Å². The van der Waals surface area contributed by atoms with E-state index in [-0.39, 0.29) is 39.6 Å². The monoisotopic (exact) mass is 772 g/mol. The number of fused-ring (bicyclic) bond motifs is 9. The smallest absolute Gasteiger partial charge is 0.310 e. The minimum Gasteiger partial charge on any atom is -0.481 e. The van der Waals surface area contributed by atoms with Crippen LogP contribution in [0.1, 0.15) is 133 Å². The second kappa shape index (κ2) is 14.4. The number of hydrogen-bond acceptors (Lipinski definition) is 11. The molecule has 0 unspecified atom stereocenters. The molecule has 1 saturated heterocycles. The van der Waals surface area contributed by atoms with Gasteiger partial charge in [-0.05, 0) is 104 Å². The van der Waals surface area contributed by atoms with E-state index < -0.39 is 71.9 Å². The Morgan fingerprint density at radius 1 is 0.782 bits per heavy atom. The Bertz CT molecular complexity index is 1600. The molecule has 13 atom stereocenters. The van der Waals surface area contributed by atoms with Gasteiger partial charge < -0.3 is 33.5 Å². The lowest BCUT2D eigenvalue weighted by molar-refractivity contribution is -0.341. The SMILES string of the molecule is CC(=O)OC[C@H](OC(C)=O)[C@H](OC(C)=O)[C@@H](OC(C)=O)[C@@H]1OC[C@@]2(C)[C@@H]3CC[C@]4(C)[C@H](CC=C5[C@@H]6CC(C)(C)CC[C@]6(C(=O)O)CC[C@]54C)[C@@]3(C)CC[C@@H]2O1. The second-order valence-electron chi connectivity index (χ2n) is 19.6. The molecule has 0 aromatic rings. The van der Waals surface area contributed by atoms with Gasteiger partial charge in [0.1, 0.15) is 6.61 Å². The van der Waals surface area contributed by atoms with E-state index in [0.717, 1.165) is 64.2 Å². The first-order valence-electron chi connectivity index (χ1n) is 20.4. The summed E-state index contributed by atoms with van der Waals surface area (Å²) in [6.07, 6.45) is 5.78. The first-order chi connectivity index (χ1) is 25.5. The summed E-state index contributed by atoms with van der Waals surface area (Å²) in [5.74, 6) is -2.69. The van der Waals surface area contributed by atoms with Crippen LogP contribution < -0.4 is 0 Å². The molecule has 0 bridgehead atoms. The van der Waals surface area contributed by atoms with E-state index in [0.29, 0.717) is 12.5 Å². The highest BCUT2D eigenvalue weighted by Crippen LogP contribution is 2.76. The predicted molar refractivity (Wildman–Crippen MR) is 199 cm³/mol. The Morgan fingerprint density at radius 2 is 1.44 bits per heavy atom. The van der Waals surface area contributed by atoms with Gasteiger partial charge in [0, 0.05) is 33.1 Å². The van der Waals surface area contributed by atoms with Gasteiger partial charge in [0.05, 0.1) is 18.1 Å². The normalized spacial score (nSPS) is 41.8. The van der Waals surface area contributed by atoms with Crippen molar-refractivity contribution in [1.29, 1.82) is 0 Å². The fourth-order valence-electron chi connectivity index (χ4n) is 13.1. The van der Waals surface area contributed by atoms with Gasteiger partial charge in [-0.3, -0.25) is 24.0 Å². The maximum atomic E-state index is 13.1. The quantitative estimate of drug-likeness (QED) is 0.146. The lowest BCUT2D eigenvalue weighted by Gasteiger charge is -2.72. The largest absolute Gasteiger partial charge is 0.481 e. The van der Waals surface area contributed by atoms with Crippen molar-refractivity contribution >= 4 is 29.8 Å². The summed E-state index contributed by atoms with van der Waals surface area (Å²) < 4.78 is 35.3. The molecule has 1 aliphatic heterocycles. The molecule has 0 aromatic carbocycles. The summed E-state index contributed by atoms with van der Waals surface area (Å²) >= 11 is 0. The number of carbonyl (C=O) groups excluding carboxylic acids is 4. The van der Waals surface area contributed by atoms with Crippen molar-refractivity contribution < 1.29 is 57.5 Å². The molecule has 5 aliphatic carbocycles. The van der Waals surface area contributed by atoms with E-state index in [4.69, 9.17) is 28.4 Å². The number of carboxylic acid groups (broad SMARTS) is 1. The van der Waals surface area contributed by atoms with Crippen molar-refractivity contribution in [2.45, 2.75) is 164 Å². The zero-order chi connectivity index (χ0) is 40.5. The van der Waals surface area contributed by atoms with Crippen molar-refractivity contribution in [3.05, 3.63) is 11.6 Å². The van der Waals surface area contributed by atoms with Crippen LogP contribution in [0, 0.1) is 50.2 Å². The third-order valence-electron chi connectivity index (χ3n) is 16.0. The topological polar surface area (TPSA) is 161 Å². The van der Waals surface area contributed by atoms with Gasteiger partial charge in [-0.25, -0.2) is 0 Å². The molecule has 0 radical (unpaired) electrons. The highest BCUT2D eigenvalue weighted by atomic mass is 16.7. The van der Waals surface area contributed by atoms with Gasteiger partial charge in [-0.15, -0.1) is 0 Å². The molecule has 6 rings (SSSR count). The number of carboxylic acids is 1. The summed E-state index contributed by atoms with van der Waals surface area (Å²) in [4.78, 5) is 61.9. The zero-order valence-corrected chi connectivity index (χ0v) is 34.6. The number of aliphatic carboxylic acids is 1. The molecule has 308 valence electrons. The van der Waals surface area contributed by atoms with Crippen molar-refractivity contribution in [3.63, 3.8) is 0 Å². The van der Waals surface area contributed by atoms with E-state index in [2.05, 4.69) is 47.6 Å². The lowest BCUT2D eigenvalue weighted by Crippen LogP contribution is -2.68. The summed E-state index contributed by atoms with van der Waals surface area (Å²) in [5.41, 5.74) is 0.280. The molecule has 1 N–H and O–H groups in total. The Balaban J connectivity index is 1.28. The van der Waals surface area contributed by atoms with E-state index in [1.54, 1.807) is 0 Å². The molecule has 12 nitrogen and oxygen atoms in total. The van der Waals surface area contributed by atoms with Gasteiger partial charge in [0.25, 0.3) is 0 Å². The van der Waals surface area contributed by atoms with Crippen LogP contribution in [0.4, 0.5) is 0 Å². The van der Waals surface area contributed by atoms with E-state index >= 15 is 0 Å². The number of hydrogen-bond donors (Lipinski definition) is 1. The molecule has 12 heteroatoms. The number of carbonyl (C=O) groups is 5. The molecule has 1 heterocycles. The molecule has 4 saturated carbocycles. The Labute approximate surface area is 326 Å². The second-order valence-corrected chi connectivity index (χ2v) is 19.6. The van der Waals surface area contributed by atoms with Crippen molar-refractivity contribution in [1.82, 2.24) is 0 Å². The van der Waals surface area contributed by atoms with Crippen LogP contribution in [0.15, 0.2) is 11.6 Å². The summed E-state index contributed by atoms with van der Waals surface area (Å²) in [6.45, 7) is 18.9. The Kier molecular flexibility index (Phi) is 10.9. The van der Waals surface area contributed by atoms with Crippen molar-refractivity contribution in [2.75, 3.05) is 13.2 Å². The molecule has 0 amide bonds. The fourth-order valence-corrected chi connectivity index (χ4v) is 13.1. The van der Waals surface area contributed by atoms with E-state index in [9.17, 15) is 29.1 Å². The van der Waals surface area contributed by atoms with Crippen LogP contribution in [-0.4, -0.2) is 78.9 Å². The van der Waals surface area contributed by atoms with Crippen molar-refractivity contribution in [3.8, 4) is 0 Å². The zero-order valence-electron chi connectivity index (χ0n) is 34.6. The minimum absolute atomic E-state index is 0.0119. The number of ether oxygens (including phenoxy) is 6. The summed E-state index contributed by atoms with van der Waals surface area (Å²) in [6, 6.07) is 0. The van der Waals surface area contributed by atoms with Crippen LogP contribution in [0.3, 0.4) is 0 Å². The molecular weight excluding hydrogens is 708 g/mol. The van der Waals surface area contributed by atoms with Gasteiger partial charge in [0.2, 0.25) is 0 Å². The molecular formula is C43H64O12. The van der Waals surface area contributed by atoms with E-state index in [1.807, 2.05) is 0 Å². The highest BCUT2D eigenvalue weighted by Gasteiger charge is 2.70. The number of rotatable bonds is 9. The number of allylic oxidation sites excluding steroid dienone is 2. The minimum atomic E-state index is -1.39. The predicted octanol–water partition coefficient (Wildman–Crippen LogP) is 6.95. The van der Waals surface area contributed by atoms with Crippen molar-refractivity contribution in [2.24, 2.45) is 50.2 Å². The molecule has 6 aliphatic rings. The highest BCUT2D eigenvalue weighted by molar-refractivity contribution is 5.76. The van der Waals surface area contributed by atoms with Crippen LogP contribution >= 0.6 is 0 Å². The van der Waals surface area contributed by atoms with Gasteiger partial charge >= 0.3 is 29.8 Å². The van der Waals surface area contributed by atoms with Gasteiger partial charge in [-0.2, -0.15) is 0 Å². The van der Waals surface area contributed by atoms with Crippen LogP contribution in [0.5, 0.6) is 0 Å². The van der Waals surface area contributed by atoms with Gasteiger partial charge in [-0.1, -0.05) is 53.2 Å². The van der Waals surface area contributed by atoms with E-state index in [1.165, 1.54) is 33.3 Å². The Hall–Kier alpha value is -2.99. The summed E-state index contributed by atoms with van der Waals surface area (Å²) in [5, 5.41) is 10.7. The lowest BCUT2D eigenvalue weighted by atomic mass is 9.33. The van der Waals surface area contributed by atoms with Gasteiger partial charge in [0.15, 0.2) is 24.6 Å². The first-order valence-corrected chi connectivity index (χ1v) is 20.4. The molecule has 0 spiro atoms. The third kappa shape index (κ3) is 6.93. The maximum absolute atomic E-state index is 13.1. The Morgan fingerprint density at radius 3 is 2.05 bits per heavy atom. The average molecular weight is 773 g/mol. The third-order valence-corrected chi connectivity index (χ3v) is 16.0. The molecule has 5 fully saturated rings. The molecule has 0 aromatic heterocycles. The first kappa shape index (κ1) is 41.6. The maximum Gasteiger partial charge on any atom is 0.310 e. The van der Waals surface area contributed by atoms with Crippen LogP contribution in [0.2, 0.25) is 0 Å². The molecule has 55 heavy (non-hydrogen) atoms. The average Bonchev–Trinajstić information content (AvgIpc) is 3.07. The fraction of sp³-hybridized carbons (Fsp3) is 0.837. The summed E-state index contributed by atoms with van der Waals surface area (Å²) in [7, 11) is 0. The number of esters is 4.